The maximum atomic E-state index is 9.73. The summed E-state index contributed by atoms with van der Waals surface area (Å²) in [6.45, 7) is 14.3. The predicted octanol–water partition coefficient (Wildman–Crippen LogP) is 2.43. The molecule has 0 aromatic rings. The first kappa shape index (κ1) is 16.4. The van der Waals surface area contributed by atoms with Crippen LogP contribution in [-0.4, -0.2) is 33.6 Å². The average molecular weight is 242 g/mol. The molecule has 3 heteroatoms. The molecule has 0 aliphatic rings. The van der Waals surface area contributed by atoms with Gasteiger partial charge in [0.1, 0.15) is 0 Å². The third-order valence-corrected chi connectivity index (χ3v) is 2.28. The van der Waals surface area contributed by atoms with Gasteiger partial charge in [-0.1, -0.05) is 12.2 Å². The molecule has 100 valence electrons. The van der Waals surface area contributed by atoms with Gasteiger partial charge in [-0.25, -0.2) is 0 Å². The standard InChI is InChI=1S/C14H26O3/c1-7-11(9-13(3,4)15)17-12(8-2)10-14(5,6)16/h7-8,11-12,15-16H,1-2,9-10H2,3-6H3. The van der Waals surface area contributed by atoms with Gasteiger partial charge in [0.25, 0.3) is 0 Å². The van der Waals surface area contributed by atoms with Crippen molar-refractivity contribution in [3.63, 3.8) is 0 Å². The Balaban J connectivity index is 4.42. The molecular weight excluding hydrogens is 216 g/mol. The Morgan fingerprint density at radius 2 is 1.24 bits per heavy atom. The SMILES string of the molecule is C=CC(CC(C)(C)O)OC(C=C)CC(C)(C)O. The van der Waals surface area contributed by atoms with Crippen LogP contribution in [0.4, 0.5) is 0 Å². The third-order valence-electron chi connectivity index (χ3n) is 2.28. The van der Waals surface area contributed by atoms with Gasteiger partial charge in [-0.15, -0.1) is 13.2 Å². The lowest BCUT2D eigenvalue weighted by molar-refractivity contribution is -0.0475. The minimum atomic E-state index is -0.806. The molecule has 0 aliphatic carbocycles. The highest BCUT2D eigenvalue weighted by Crippen LogP contribution is 2.20. The summed E-state index contributed by atoms with van der Waals surface area (Å²) >= 11 is 0. The van der Waals surface area contributed by atoms with Crippen LogP contribution < -0.4 is 0 Å². The Morgan fingerprint density at radius 1 is 0.941 bits per heavy atom. The van der Waals surface area contributed by atoms with E-state index >= 15 is 0 Å². The zero-order valence-electron chi connectivity index (χ0n) is 11.4. The number of rotatable bonds is 8. The fourth-order valence-electron chi connectivity index (χ4n) is 1.58. The average Bonchev–Trinajstić information content (AvgIpc) is 2.11. The molecule has 0 aromatic heterocycles. The van der Waals surface area contributed by atoms with Gasteiger partial charge in [0.05, 0.1) is 23.4 Å². The largest absolute Gasteiger partial charge is 0.390 e. The van der Waals surface area contributed by atoms with Gasteiger partial charge < -0.3 is 14.9 Å². The van der Waals surface area contributed by atoms with E-state index in [1.165, 1.54) is 0 Å². The molecule has 3 nitrogen and oxygen atoms in total. The Hall–Kier alpha value is -0.640. The van der Waals surface area contributed by atoms with E-state index in [4.69, 9.17) is 4.74 Å². The van der Waals surface area contributed by atoms with E-state index in [2.05, 4.69) is 13.2 Å². The van der Waals surface area contributed by atoms with Crippen molar-refractivity contribution >= 4 is 0 Å². The minimum Gasteiger partial charge on any atom is -0.390 e. The summed E-state index contributed by atoms with van der Waals surface area (Å²) in [7, 11) is 0. The smallest absolute Gasteiger partial charge is 0.0788 e. The second kappa shape index (κ2) is 6.34. The van der Waals surface area contributed by atoms with Crippen LogP contribution in [-0.2, 0) is 4.74 Å². The molecule has 0 amide bonds. The Bertz CT molecular complexity index is 219. The Morgan fingerprint density at radius 3 is 1.41 bits per heavy atom. The molecule has 0 radical (unpaired) electrons. The lowest BCUT2D eigenvalue weighted by Gasteiger charge is -2.28. The van der Waals surface area contributed by atoms with Crippen LogP contribution in [0.25, 0.3) is 0 Å². The zero-order chi connectivity index (χ0) is 13.7. The van der Waals surface area contributed by atoms with E-state index in [1.807, 2.05) is 0 Å². The molecule has 2 N–H and O–H groups in total. The topological polar surface area (TPSA) is 49.7 Å². The quantitative estimate of drug-likeness (QED) is 0.643. The number of ether oxygens (including phenoxy) is 1. The first-order valence-electron chi connectivity index (χ1n) is 5.93. The van der Waals surface area contributed by atoms with Crippen LogP contribution in [0.5, 0.6) is 0 Å². The van der Waals surface area contributed by atoms with Crippen molar-refractivity contribution in [2.75, 3.05) is 0 Å². The Labute approximate surface area is 105 Å². The molecule has 2 atom stereocenters. The first-order valence-corrected chi connectivity index (χ1v) is 5.93. The van der Waals surface area contributed by atoms with Crippen LogP contribution >= 0.6 is 0 Å². The van der Waals surface area contributed by atoms with E-state index in [9.17, 15) is 10.2 Å². The van der Waals surface area contributed by atoms with E-state index < -0.39 is 11.2 Å². The van der Waals surface area contributed by atoms with Gasteiger partial charge >= 0.3 is 0 Å². The maximum Gasteiger partial charge on any atom is 0.0788 e. The summed E-state index contributed by atoms with van der Waals surface area (Å²) in [5.41, 5.74) is -1.61. The van der Waals surface area contributed by atoms with Crippen molar-refractivity contribution in [1.29, 1.82) is 0 Å². The molecule has 0 saturated heterocycles. The van der Waals surface area contributed by atoms with Crippen molar-refractivity contribution < 1.29 is 14.9 Å². The summed E-state index contributed by atoms with van der Waals surface area (Å²) in [5, 5.41) is 19.5. The zero-order valence-corrected chi connectivity index (χ0v) is 11.4. The monoisotopic (exact) mass is 242 g/mol. The lowest BCUT2D eigenvalue weighted by atomic mass is 9.99. The van der Waals surface area contributed by atoms with Crippen LogP contribution in [0, 0.1) is 0 Å². The first-order chi connectivity index (χ1) is 7.57. The van der Waals surface area contributed by atoms with E-state index in [1.54, 1.807) is 39.8 Å². The molecule has 17 heavy (non-hydrogen) atoms. The highest BCUT2D eigenvalue weighted by Gasteiger charge is 2.24. The van der Waals surface area contributed by atoms with Gasteiger partial charge in [0.15, 0.2) is 0 Å². The van der Waals surface area contributed by atoms with Gasteiger partial charge in [-0.2, -0.15) is 0 Å². The van der Waals surface area contributed by atoms with E-state index in [0.29, 0.717) is 12.8 Å². The lowest BCUT2D eigenvalue weighted by Crippen LogP contribution is -2.33. The van der Waals surface area contributed by atoms with Gasteiger partial charge in [0, 0.05) is 12.8 Å². The molecule has 0 spiro atoms. The van der Waals surface area contributed by atoms with Crippen molar-refractivity contribution in [3.05, 3.63) is 25.3 Å². The molecule has 0 heterocycles. The normalized spacial score (nSPS) is 16.4. The number of aliphatic hydroxyl groups is 2. The summed E-state index contributed by atoms with van der Waals surface area (Å²) in [6, 6.07) is 0. The van der Waals surface area contributed by atoms with Gasteiger partial charge in [0.2, 0.25) is 0 Å². The molecule has 0 bridgehead atoms. The fraction of sp³-hybridized carbons (Fsp3) is 0.714. The predicted molar refractivity (Wildman–Crippen MR) is 70.9 cm³/mol. The highest BCUT2D eigenvalue weighted by molar-refractivity contribution is 4.91. The molecule has 0 aromatic carbocycles. The van der Waals surface area contributed by atoms with Crippen molar-refractivity contribution in [3.8, 4) is 0 Å². The molecule has 0 fully saturated rings. The third kappa shape index (κ3) is 9.10. The van der Waals surface area contributed by atoms with Crippen molar-refractivity contribution in [2.45, 2.75) is 63.9 Å². The van der Waals surface area contributed by atoms with Crippen molar-refractivity contribution in [2.24, 2.45) is 0 Å². The minimum absolute atomic E-state index is 0.250. The second-order valence-corrected chi connectivity index (χ2v) is 5.72. The molecule has 0 aliphatic heterocycles. The molecule has 2 unspecified atom stereocenters. The van der Waals surface area contributed by atoms with Crippen LogP contribution in [0.1, 0.15) is 40.5 Å². The number of hydrogen-bond donors (Lipinski definition) is 2. The van der Waals surface area contributed by atoms with Crippen LogP contribution in [0.2, 0.25) is 0 Å². The molecule has 0 rings (SSSR count). The van der Waals surface area contributed by atoms with E-state index in [0.717, 1.165) is 0 Å². The Kier molecular flexibility index (Phi) is 6.10. The van der Waals surface area contributed by atoms with Gasteiger partial charge in [-0.05, 0) is 27.7 Å². The van der Waals surface area contributed by atoms with Crippen LogP contribution in [0.15, 0.2) is 25.3 Å². The van der Waals surface area contributed by atoms with Gasteiger partial charge in [-0.3, -0.25) is 0 Å². The summed E-state index contributed by atoms with van der Waals surface area (Å²) in [6.07, 6.45) is 3.76. The second-order valence-electron chi connectivity index (χ2n) is 5.72. The maximum absolute atomic E-state index is 9.73. The van der Waals surface area contributed by atoms with Crippen LogP contribution in [0.3, 0.4) is 0 Å². The summed E-state index contributed by atoms with van der Waals surface area (Å²) in [4.78, 5) is 0. The summed E-state index contributed by atoms with van der Waals surface area (Å²) < 4.78 is 5.74. The van der Waals surface area contributed by atoms with Crippen molar-refractivity contribution in [1.82, 2.24) is 0 Å². The van der Waals surface area contributed by atoms with E-state index in [-0.39, 0.29) is 12.2 Å². The number of hydrogen-bond acceptors (Lipinski definition) is 3. The summed E-state index contributed by atoms with van der Waals surface area (Å²) in [5.74, 6) is 0. The highest BCUT2D eigenvalue weighted by atomic mass is 16.5. The molecule has 0 saturated carbocycles. The fourth-order valence-corrected chi connectivity index (χ4v) is 1.58. The molecular formula is C14H26O3.